The summed E-state index contributed by atoms with van der Waals surface area (Å²) in [4.78, 5) is 28.7. The van der Waals surface area contributed by atoms with Crippen molar-refractivity contribution in [1.29, 1.82) is 0 Å². The van der Waals surface area contributed by atoms with Gasteiger partial charge in [0.05, 0.1) is 28.0 Å². The Kier molecular flexibility index (Phi) is 6.11. The molecule has 2 aromatic heterocycles. The highest BCUT2D eigenvalue weighted by Crippen LogP contribution is 2.19. The smallest absolute Gasteiger partial charge is 0.254 e. The lowest BCUT2D eigenvalue weighted by molar-refractivity contribution is 0.0949. The molecule has 3 aromatic rings. The van der Waals surface area contributed by atoms with E-state index in [1.54, 1.807) is 12.4 Å². The molecule has 7 heteroatoms. The average Bonchev–Trinajstić information content (AvgIpc) is 3.18. The number of carbonyl (C=O) groups is 1. The summed E-state index contributed by atoms with van der Waals surface area (Å²) >= 11 is 0. The van der Waals surface area contributed by atoms with E-state index in [1.807, 2.05) is 6.92 Å². The van der Waals surface area contributed by atoms with Gasteiger partial charge in [0.25, 0.3) is 5.91 Å². The molecule has 0 spiro atoms. The van der Waals surface area contributed by atoms with E-state index in [9.17, 15) is 9.18 Å². The molecule has 27 heavy (non-hydrogen) atoms. The molecule has 0 atom stereocenters. The third-order valence-electron chi connectivity index (χ3n) is 4.41. The molecule has 6 nitrogen and oxygen atoms in total. The van der Waals surface area contributed by atoms with Crippen LogP contribution in [-0.4, -0.2) is 32.4 Å². The van der Waals surface area contributed by atoms with Crippen LogP contribution in [0.1, 0.15) is 54.3 Å². The Morgan fingerprint density at radius 2 is 1.93 bits per heavy atom. The van der Waals surface area contributed by atoms with Gasteiger partial charge in [0.1, 0.15) is 11.6 Å². The molecule has 2 N–H and O–H groups in total. The Labute approximate surface area is 157 Å². The Morgan fingerprint density at radius 1 is 1.15 bits per heavy atom. The first-order valence-electron chi connectivity index (χ1n) is 9.37. The number of amides is 1. The number of fused-ring (bicyclic) bond motifs is 1. The first kappa shape index (κ1) is 18.9. The second kappa shape index (κ2) is 8.70. The molecule has 0 radical (unpaired) electrons. The fourth-order valence-electron chi connectivity index (χ4n) is 3.03. The normalized spacial score (nSPS) is 11.1. The number of imidazole rings is 1. The van der Waals surface area contributed by atoms with Crippen LogP contribution >= 0.6 is 0 Å². The zero-order chi connectivity index (χ0) is 19.2. The molecule has 1 aromatic carbocycles. The number of aryl methyl sites for hydroxylation is 3. The number of halogens is 1. The third kappa shape index (κ3) is 4.48. The fourth-order valence-corrected chi connectivity index (χ4v) is 3.03. The number of hydrogen-bond donors (Lipinski definition) is 2. The van der Waals surface area contributed by atoms with Crippen LogP contribution in [0.15, 0.2) is 24.5 Å². The minimum atomic E-state index is -0.577. The summed E-state index contributed by atoms with van der Waals surface area (Å²) in [5.41, 5.74) is 2.85. The Hall–Kier alpha value is -2.83. The van der Waals surface area contributed by atoms with Crippen LogP contribution < -0.4 is 5.32 Å². The van der Waals surface area contributed by atoms with Crippen LogP contribution in [0.25, 0.3) is 11.0 Å². The molecule has 3 rings (SSSR count). The van der Waals surface area contributed by atoms with E-state index in [4.69, 9.17) is 0 Å². The van der Waals surface area contributed by atoms with Crippen molar-refractivity contribution >= 4 is 16.9 Å². The van der Waals surface area contributed by atoms with E-state index in [1.165, 1.54) is 12.1 Å². The summed E-state index contributed by atoms with van der Waals surface area (Å²) in [6, 6.07) is 2.80. The summed E-state index contributed by atoms with van der Waals surface area (Å²) in [6.07, 6.45) is 7.41. The minimum Gasteiger partial charge on any atom is -0.352 e. The highest BCUT2D eigenvalue weighted by atomic mass is 19.1. The third-order valence-corrected chi connectivity index (χ3v) is 4.41. The molecular formula is C20H24FN5O. The van der Waals surface area contributed by atoms with E-state index in [-0.39, 0.29) is 5.56 Å². The molecule has 2 heterocycles. The molecular weight excluding hydrogens is 345 g/mol. The zero-order valence-corrected chi connectivity index (χ0v) is 15.7. The summed E-state index contributed by atoms with van der Waals surface area (Å²) in [7, 11) is 0. The van der Waals surface area contributed by atoms with Gasteiger partial charge in [0.15, 0.2) is 0 Å². The first-order valence-corrected chi connectivity index (χ1v) is 9.37. The maximum absolute atomic E-state index is 14.5. The minimum absolute atomic E-state index is 0.0000863. The molecule has 0 saturated carbocycles. The van der Waals surface area contributed by atoms with Crippen LogP contribution in [0.5, 0.6) is 0 Å². The summed E-state index contributed by atoms with van der Waals surface area (Å²) in [6.45, 7) is 4.54. The van der Waals surface area contributed by atoms with Crippen LogP contribution in [0, 0.1) is 5.82 Å². The van der Waals surface area contributed by atoms with Crippen molar-refractivity contribution in [2.75, 3.05) is 6.54 Å². The topological polar surface area (TPSA) is 83.6 Å². The van der Waals surface area contributed by atoms with Crippen LogP contribution in [-0.2, 0) is 19.3 Å². The molecule has 1 amide bonds. The number of rotatable bonds is 8. The predicted octanol–water partition coefficient (Wildman–Crippen LogP) is 3.37. The Bertz CT molecular complexity index is 924. The van der Waals surface area contributed by atoms with E-state index in [0.29, 0.717) is 24.0 Å². The molecule has 142 valence electrons. The summed E-state index contributed by atoms with van der Waals surface area (Å²) < 4.78 is 14.5. The van der Waals surface area contributed by atoms with Gasteiger partial charge in [-0.25, -0.2) is 19.3 Å². The molecule has 0 bridgehead atoms. The number of benzene rings is 1. The van der Waals surface area contributed by atoms with Gasteiger partial charge in [-0.3, -0.25) is 4.79 Å². The Morgan fingerprint density at radius 3 is 2.63 bits per heavy atom. The van der Waals surface area contributed by atoms with Crippen molar-refractivity contribution in [1.82, 2.24) is 25.3 Å². The van der Waals surface area contributed by atoms with Gasteiger partial charge in [0.2, 0.25) is 0 Å². The standard InChI is InChI=1S/C20H24FN5O/c1-3-6-16-15(4-2)25-17-11-13(14(21)12-18(17)26-16)20(27)24-8-5-7-19-22-9-10-23-19/h9-12H,3-8H2,1-2H3,(H,22,23)(H,24,27). The SMILES string of the molecule is CCCc1nc2cc(F)c(C(=O)NCCCc3ncc[nH]3)cc2nc1CC. The number of aromatic amines is 1. The highest BCUT2D eigenvalue weighted by molar-refractivity contribution is 5.97. The van der Waals surface area contributed by atoms with Gasteiger partial charge in [-0.05, 0) is 25.3 Å². The molecule has 0 aliphatic rings. The van der Waals surface area contributed by atoms with Gasteiger partial charge >= 0.3 is 0 Å². The Balaban J connectivity index is 1.74. The maximum Gasteiger partial charge on any atom is 0.254 e. The van der Waals surface area contributed by atoms with Crippen LogP contribution in [0.4, 0.5) is 4.39 Å². The van der Waals surface area contributed by atoms with E-state index in [2.05, 4.69) is 32.2 Å². The van der Waals surface area contributed by atoms with Gasteiger partial charge in [0, 0.05) is 31.4 Å². The molecule has 0 unspecified atom stereocenters. The van der Waals surface area contributed by atoms with E-state index >= 15 is 0 Å². The van der Waals surface area contributed by atoms with Crippen molar-refractivity contribution < 1.29 is 9.18 Å². The fraction of sp³-hybridized carbons (Fsp3) is 0.400. The van der Waals surface area contributed by atoms with Gasteiger partial charge < -0.3 is 10.3 Å². The predicted molar refractivity (Wildman–Crippen MR) is 102 cm³/mol. The largest absolute Gasteiger partial charge is 0.352 e. The molecule has 0 aliphatic carbocycles. The van der Waals surface area contributed by atoms with E-state index in [0.717, 1.165) is 42.9 Å². The van der Waals surface area contributed by atoms with Gasteiger partial charge in [-0.1, -0.05) is 20.3 Å². The lowest BCUT2D eigenvalue weighted by atomic mass is 10.1. The van der Waals surface area contributed by atoms with Crippen LogP contribution in [0.2, 0.25) is 0 Å². The molecule has 0 aliphatic heterocycles. The number of hydrogen-bond acceptors (Lipinski definition) is 4. The highest BCUT2D eigenvalue weighted by Gasteiger charge is 2.15. The number of H-pyrrole nitrogens is 1. The van der Waals surface area contributed by atoms with Crippen molar-refractivity contribution in [3.05, 3.63) is 53.1 Å². The zero-order valence-electron chi connectivity index (χ0n) is 15.7. The van der Waals surface area contributed by atoms with Gasteiger partial charge in [-0.2, -0.15) is 0 Å². The molecule has 0 fully saturated rings. The van der Waals surface area contributed by atoms with Crippen molar-refractivity contribution in [2.45, 2.75) is 46.0 Å². The second-order valence-corrected chi connectivity index (χ2v) is 6.44. The van der Waals surface area contributed by atoms with Crippen molar-refractivity contribution in [3.63, 3.8) is 0 Å². The number of nitrogens with one attached hydrogen (secondary N) is 2. The monoisotopic (exact) mass is 369 g/mol. The quantitative estimate of drug-likeness (QED) is 0.596. The number of carbonyl (C=O) groups excluding carboxylic acids is 1. The lowest BCUT2D eigenvalue weighted by Crippen LogP contribution is -2.26. The maximum atomic E-state index is 14.5. The van der Waals surface area contributed by atoms with Crippen molar-refractivity contribution in [3.8, 4) is 0 Å². The molecule has 0 saturated heterocycles. The lowest BCUT2D eigenvalue weighted by Gasteiger charge is -2.10. The summed E-state index contributed by atoms with van der Waals surface area (Å²) in [5, 5.41) is 2.76. The first-order chi connectivity index (χ1) is 13.1. The van der Waals surface area contributed by atoms with Gasteiger partial charge in [-0.15, -0.1) is 0 Å². The number of aromatic nitrogens is 4. The van der Waals surface area contributed by atoms with E-state index < -0.39 is 11.7 Å². The average molecular weight is 369 g/mol. The van der Waals surface area contributed by atoms with Crippen LogP contribution in [0.3, 0.4) is 0 Å². The summed E-state index contributed by atoms with van der Waals surface area (Å²) in [5.74, 6) is -0.148. The second-order valence-electron chi connectivity index (χ2n) is 6.44. The number of nitrogens with zero attached hydrogens (tertiary/aromatic N) is 3. The van der Waals surface area contributed by atoms with Crippen molar-refractivity contribution in [2.24, 2.45) is 0 Å².